The molecule has 1 aliphatic heterocycles. The topological polar surface area (TPSA) is 61.9 Å². The van der Waals surface area contributed by atoms with E-state index in [0.717, 1.165) is 16.1 Å². The van der Waals surface area contributed by atoms with Crippen molar-refractivity contribution in [3.05, 3.63) is 75.9 Å². The molecule has 5 nitrogen and oxygen atoms in total. The smallest absolute Gasteiger partial charge is 0.265 e. The molecule has 124 valence electrons. The third kappa shape index (κ3) is 3.31. The van der Waals surface area contributed by atoms with Crippen LogP contribution in [0.4, 0.5) is 5.69 Å². The molecule has 0 unspecified atom stereocenters. The number of para-hydroxylation sites is 1. The monoisotopic (exact) mass is 368 g/mol. The number of hydrogen-bond acceptors (Lipinski definition) is 4. The molecule has 7 heteroatoms. The lowest BCUT2D eigenvalue weighted by Crippen LogP contribution is -2.33. The Bertz CT molecular complexity index is 938. The average molecular weight is 369 g/mol. The maximum Gasteiger partial charge on any atom is 0.265 e. The Morgan fingerprint density at radius 3 is 2.72 bits per heavy atom. The summed E-state index contributed by atoms with van der Waals surface area (Å²) in [6, 6.07) is 15.3. The molecule has 0 saturated carbocycles. The molecule has 1 amide bonds. The number of rotatable bonds is 3. The molecule has 25 heavy (non-hydrogen) atoms. The van der Waals surface area contributed by atoms with Crippen LogP contribution in [0.3, 0.4) is 0 Å². The number of aromatic amines is 1. The fourth-order valence-electron chi connectivity index (χ4n) is 2.59. The van der Waals surface area contributed by atoms with Crippen LogP contribution in [-0.4, -0.2) is 21.3 Å². The van der Waals surface area contributed by atoms with Crippen molar-refractivity contribution in [2.24, 2.45) is 0 Å². The van der Waals surface area contributed by atoms with Gasteiger partial charge in [-0.2, -0.15) is 15.4 Å². The lowest BCUT2D eigenvalue weighted by atomic mass is 10.2. The number of aromatic nitrogens is 3. The van der Waals surface area contributed by atoms with Crippen molar-refractivity contribution < 1.29 is 4.79 Å². The van der Waals surface area contributed by atoms with Crippen molar-refractivity contribution in [2.75, 3.05) is 4.90 Å². The van der Waals surface area contributed by atoms with Crippen LogP contribution in [0.1, 0.15) is 11.3 Å². The number of hydrogen-bond donors (Lipinski definition) is 1. The summed E-state index contributed by atoms with van der Waals surface area (Å²) in [4.78, 5) is 16.5. The zero-order valence-corrected chi connectivity index (χ0v) is 14.6. The number of carbonyl (C=O) groups is 1. The summed E-state index contributed by atoms with van der Waals surface area (Å²) >= 11 is 7.41. The number of amides is 1. The summed E-state index contributed by atoms with van der Waals surface area (Å²) in [5.74, 6) is -0.0540. The van der Waals surface area contributed by atoms with Crippen LogP contribution in [0.15, 0.2) is 64.5 Å². The number of carbonyl (C=O) groups excluding carboxylic acids is 1. The van der Waals surface area contributed by atoms with Gasteiger partial charge < -0.3 is 4.90 Å². The van der Waals surface area contributed by atoms with Gasteiger partial charge in [0.05, 0.1) is 23.3 Å². The summed E-state index contributed by atoms with van der Waals surface area (Å²) in [5.41, 5.74) is 2.52. The van der Waals surface area contributed by atoms with E-state index >= 15 is 0 Å². The summed E-state index contributed by atoms with van der Waals surface area (Å²) < 4.78 is 0. The Labute approximate surface area is 153 Å². The van der Waals surface area contributed by atoms with Crippen LogP contribution in [0.25, 0.3) is 6.08 Å². The molecular formula is C18H13ClN4OS. The molecule has 2 heterocycles. The largest absolute Gasteiger partial charge is 0.301 e. The second-order valence-electron chi connectivity index (χ2n) is 5.48. The SMILES string of the molecule is O=C1/C(=C/c2ccc(Cl)cc2)Sc2ccccc2N1Cc1cn[nH]n1. The quantitative estimate of drug-likeness (QED) is 0.706. The van der Waals surface area contributed by atoms with E-state index in [4.69, 9.17) is 11.6 Å². The van der Waals surface area contributed by atoms with Crippen molar-refractivity contribution in [2.45, 2.75) is 11.4 Å². The van der Waals surface area contributed by atoms with Gasteiger partial charge in [-0.05, 0) is 35.9 Å². The van der Waals surface area contributed by atoms with E-state index < -0.39 is 0 Å². The van der Waals surface area contributed by atoms with Gasteiger partial charge in [0.25, 0.3) is 5.91 Å². The van der Waals surface area contributed by atoms with Gasteiger partial charge in [0.1, 0.15) is 5.69 Å². The molecule has 4 rings (SSSR count). The molecule has 0 spiro atoms. The van der Waals surface area contributed by atoms with Gasteiger partial charge >= 0.3 is 0 Å². The fourth-order valence-corrected chi connectivity index (χ4v) is 3.78. The van der Waals surface area contributed by atoms with Crippen LogP contribution >= 0.6 is 23.4 Å². The highest BCUT2D eigenvalue weighted by molar-refractivity contribution is 8.04. The molecule has 2 aromatic carbocycles. The van der Waals surface area contributed by atoms with Gasteiger partial charge in [-0.1, -0.05) is 47.6 Å². The number of thioether (sulfide) groups is 1. The Hall–Kier alpha value is -2.57. The van der Waals surface area contributed by atoms with Crippen LogP contribution in [0.5, 0.6) is 0 Å². The molecule has 1 N–H and O–H groups in total. The first-order valence-electron chi connectivity index (χ1n) is 7.61. The lowest BCUT2D eigenvalue weighted by Gasteiger charge is -2.29. The number of anilines is 1. The van der Waals surface area contributed by atoms with Gasteiger partial charge in [-0.15, -0.1) is 0 Å². The van der Waals surface area contributed by atoms with Crippen molar-refractivity contribution >= 4 is 41.0 Å². The summed E-state index contributed by atoms with van der Waals surface area (Å²) in [5, 5.41) is 11.1. The Morgan fingerprint density at radius 1 is 1.16 bits per heavy atom. The van der Waals surface area contributed by atoms with E-state index in [-0.39, 0.29) is 5.91 Å². The Balaban J connectivity index is 1.73. The molecular weight excluding hydrogens is 356 g/mol. The third-order valence-electron chi connectivity index (χ3n) is 3.78. The van der Waals surface area contributed by atoms with E-state index in [1.165, 1.54) is 11.8 Å². The first-order valence-corrected chi connectivity index (χ1v) is 8.81. The number of H-pyrrole nitrogens is 1. The predicted molar refractivity (Wildman–Crippen MR) is 99.3 cm³/mol. The van der Waals surface area contributed by atoms with Crippen molar-refractivity contribution in [1.29, 1.82) is 0 Å². The number of halogens is 1. The van der Waals surface area contributed by atoms with Crippen molar-refractivity contribution in [3.63, 3.8) is 0 Å². The maximum atomic E-state index is 13.0. The minimum atomic E-state index is -0.0540. The van der Waals surface area contributed by atoms with Crippen LogP contribution in [0.2, 0.25) is 5.02 Å². The molecule has 0 aliphatic carbocycles. The number of nitrogens with one attached hydrogen (secondary N) is 1. The van der Waals surface area contributed by atoms with Gasteiger partial charge in [0, 0.05) is 9.92 Å². The van der Waals surface area contributed by atoms with Gasteiger partial charge in [0.15, 0.2) is 0 Å². The molecule has 0 radical (unpaired) electrons. The second-order valence-corrected chi connectivity index (χ2v) is 7.00. The highest BCUT2D eigenvalue weighted by atomic mass is 35.5. The van der Waals surface area contributed by atoms with Crippen molar-refractivity contribution in [1.82, 2.24) is 15.4 Å². The minimum absolute atomic E-state index is 0.0540. The van der Waals surface area contributed by atoms with E-state index in [0.29, 0.717) is 22.2 Å². The molecule has 1 aliphatic rings. The first kappa shape index (κ1) is 15.9. The third-order valence-corrected chi connectivity index (χ3v) is 5.11. The normalized spacial score (nSPS) is 15.5. The summed E-state index contributed by atoms with van der Waals surface area (Å²) in [6.07, 6.45) is 3.51. The standard InChI is InChI=1S/C18H13ClN4OS/c19-13-7-5-12(6-8-13)9-17-18(24)23(11-14-10-20-22-21-14)15-3-1-2-4-16(15)25-17/h1-10H,11H2,(H,20,21,22)/b17-9-. The highest BCUT2D eigenvalue weighted by Gasteiger charge is 2.29. The van der Waals surface area contributed by atoms with Gasteiger partial charge in [-0.3, -0.25) is 4.79 Å². The van der Waals surface area contributed by atoms with E-state index in [9.17, 15) is 4.79 Å². The van der Waals surface area contributed by atoms with Crippen molar-refractivity contribution in [3.8, 4) is 0 Å². The molecule has 0 fully saturated rings. The molecule has 0 saturated heterocycles. The van der Waals surface area contributed by atoms with Gasteiger partial charge in [0.2, 0.25) is 0 Å². The molecule has 3 aromatic rings. The molecule has 0 bridgehead atoms. The first-order chi connectivity index (χ1) is 12.2. The van der Waals surface area contributed by atoms with Crippen LogP contribution < -0.4 is 4.90 Å². The molecule has 0 atom stereocenters. The Morgan fingerprint density at radius 2 is 1.96 bits per heavy atom. The van der Waals surface area contributed by atoms with Gasteiger partial charge in [-0.25, -0.2) is 0 Å². The minimum Gasteiger partial charge on any atom is -0.301 e. The molecule has 1 aromatic heterocycles. The Kier molecular flexibility index (Phi) is 4.29. The predicted octanol–water partition coefficient (Wildman–Crippen LogP) is 4.14. The van der Waals surface area contributed by atoms with Crippen LogP contribution in [-0.2, 0) is 11.3 Å². The summed E-state index contributed by atoms with van der Waals surface area (Å²) in [7, 11) is 0. The lowest BCUT2D eigenvalue weighted by molar-refractivity contribution is -0.114. The zero-order chi connectivity index (χ0) is 17.2. The fraction of sp³-hybridized carbons (Fsp3) is 0.0556. The number of fused-ring (bicyclic) bond motifs is 1. The second kappa shape index (κ2) is 6.74. The zero-order valence-electron chi connectivity index (χ0n) is 13.0. The number of benzene rings is 2. The van der Waals surface area contributed by atoms with E-state index in [1.54, 1.807) is 11.1 Å². The average Bonchev–Trinajstić information content (AvgIpc) is 3.14. The highest BCUT2D eigenvalue weighted by Crippen LogP contribution is 2.42. The van der Waals surface area contributed by atoms with Crippen LogP contribution in [0, 0.1) is 0 Å². The summed E-state index contributed by atoms with van der Waals surface area (Å²) in [6.45, 7) is 0.366. The van der Waals surface area contributed by atoms with E-state index in [2.05, 4.69) is 15.4 Å². The maximum absolute atomic E-state index is 13.0. The number of nitrogens with zero attached hydrogens (tertiary/aromatic N) is 3. The van der Waals surface area contributed by atoms with E-state index in [1.807, 2.05) is 54.6 Å².